The Hall–Kier alpha value is -2.27. The smallest absolute Gasteiger partial charge is 0.246 e. The maximum Gasteiger partial charge on any atom is 0.246 e. The van der Waals surface area contributed by atoms with E-state index in [-0.39, 0.29) is 36.2 Å². The molecule has 0 aliphatic carbocycles. The lowest BCUT2D eigenvalue weighted by molar-refractivity contribution is -0.115. The van der Waals surface area contributed by atoms with Crippen LogP contribution < -0.4 is 15.0 Å². The monoisotopic (exact) mass is 477 g/mol. The van der Waals surface area contributed by atoms with E-state index in [4.69, 9.17) is 9.47 Å². The summed E-state index contributed by atoms with van der Waals surface area (Å²) in [6.07, 6.45) is 0.983. The van der Waals surface area contributed by atoms with Crippen molar-refractivity contribution >= 4 is 39.1 Å². The van der Waals surface area contributed by atoms with Crippen LogP contribution in [0.4, 0.5) is 11.4 Å². The van der Waals surface area contributed by atoms with Crippen LogP contribution in [0, 0.1) is 0 Å². The van der Waals surface area contributed by atoms with Crippen molar-refractivity contribution in [2.75, 3.05) is 62.5 Å². The van der Waals surface area contributed by atoms with Crippen molar-refractivity contribution in [3.63, 3.8) is 0 Å². The summed E-state index contributed by atoms with van der Waals surface area (Å²) < 4.78 is 38.3. The number of amides is 1. The highest BCUT2D eigenvalue weighted by Crippen LogP contribution is 2.34. The SMILES string of the molecule is COc1ccc(NC(=O)CN2CCCSc3ccccc32)cc1S(=O)(=O)N1CCOCC1. The third-order valence-corrected chi connectivity index (χ3v) is 8.47. The van der Waals surface area contributed by atoms with Crippen LogP contribution in [0.3, 0.4) is 0 Å². The minimum absolute atomic E-state index is 0.0382. The predicted molar refractivity (Wildman–Crippen MR) is 125 cm³/mol. The molecule has 0 spiro atoms. The second kappa shape index (κ2) is 10.1. The molecule has 0 saturated carbocycles. The van der Waals surface area contributed by atoms with E-state index in [0.717, 1.165) is 24.4 Å². The average Bonchev–Trinajstić information content (AvgIpc) is 3.02. The Morgan fingerprint density at radius 1 is 1.16 bits per heavy atom. The molecule has 8 nitrogen and oxygen atoms in total. The third kappa shape index (κ3) is 5.03. The molecule has 10 heteroatoms. The van der Waals surface area contributed by atoms with Gasteiger partial charge >= 0.3 is 0 Å². The molecule has 0 radical (unpaired) electrons. The van der Waals surface area contributed by atoms with Crippen LogP contribution in [0.15, 0.2) is 52.3 Å². The highest BCUT2D eigenvalue weighted by Gasteiger charge is 2.29. The van der Waals surface area contributed by atoms with Gasteiger partial charge < -0.3 is 19.7 Å². The normalized spacial score (nSPS) is 17.3. The minimum Gasteiger partial charge on any atom is -0.495 e. The fraction of sp³-hybridized carbons (Fsp3) is 0.409. The summed E-state index contributed by atoms with van der Waals surface area (Å²) in [6.45, 7) is 2.26. The van der Waals surface area contributed by atoms with Gasteiger partial charge in [-0.2, -0.15) is 4.31 Å². The number of sulfonamides is 1. The Labute approximate surface area is 192 Å². The van der Waals surface area contributed by atoms with E-state index in [0.29, 0.717) is 18.9 Å². The maximum atomic E-state index is 13.2. The summed E-state index contributed by atoms with van der Waals surface area (Å²) in [4.78, 5) is 16.1. The first-order valence-electron chi connectivity index (χ1n) is 10.5. The van der Waals surface area contributed by atoms with Crippen molar-refractivity contribution in [3.8, 4) is 5.75 Å². The van der Waals surface area contributed by atoms with Gasteiger partial charge in [0.15, 0.2) is 0 Å². The molecule has 4 rings (SSSR count). The van der Waals surface area contributed by atoms with Crippen molar-refractivity contribution in [2.24, 2.45) is 0 Å². The molecule has 32 heavy (non-hydrogen) atoms. The molecule has 0 aromatic heterocycles. The van der Waals surface area contributed by atoms with E-state index in [9.17, 15) is 13.2 Å². The van der Waals surface area contributed by atoms with Crippen LogP contribution >= 0.6 is 11.8 Å². The van der Waals surface area contributed by atoms with Gasteiger partial charge in [-0.15, -0.1) is 11.8 Å². The van der Waals surface area contributed by atoms with Crippen molar-refractivity contribution in [3.05, 3.63) is 42.5 Å². The molecule has 1 saturated heterocycles. The number of carbonyl (C=O) groups excluding carboxylic acids is 1. The third-order valence-electron chi connectivity index (χ3n) is 5.41. The van der Waals surface area contributed by atoms with E-state index in [1.807, 2.05) is 18.2 Å². The van der Waals surface area contributed by atoms with E-state index in [1.165, 1.54) is 22.4 Å². The summed E-state index contributed by atoms with van der Waals surface area (Å²) in [5.41, 5.74) is 1.47. The minimum atomic E-state index is -3.77. The number of morpholine rings is 1. The lowest BCUT2D eigenvalue weighted by atomic mass is 10.2. The first-order valence-corrected chi connectivity index (χ1v) is 12.9. The predicted octanol–water partition coefficient (Wildman–Crippen LogP) is 2.66. The first-order chi connectivity index (χ1) is 15.5. The zero-order valence-corrected chi connectivity index (χ0v) is 19.6. The van der Waals surface area contributed by atoms with E-state index < -0.39 is 10.0 Å². The molecule has 1 fully saturated rings. The maximum absolute atomic E-state index is 13.2. The quantitative estimate of drug-likeness (QED) is 0.684. The number of para-hydroxylation sites is 1. The van der Waals surface area contributed by atoms with Crippen LogP contribution in [-0.4, -0.2) is 70.9 Å². The highest BCUT2D eigenvalue weighted by atomic mass is 32.2. The van der Waals surface area contributed by atoms with Gasteiger partial charge in [0.1, 0.15) is 10.6 Å². The Morgan fingerprint density at radius 2 is 1.94 bits per heavy atom. The lowest BCUT2D eigenvalue weighted by Gasteiger charge is -2.27. The largest absolute Gasteiger partial charge is 0.495 e. The van der Waals surface area contributed by atoms with Crippen molar-refractivity contribution < 1.29 is 22.7 Å². The van der Waals surface area contributed by atoms with Crippen LogP contribution in [0.5, 0.6) is 5.75 Å². The molecule has 0 unspecified atom stereocenters. The Morgan fingerprint density at radius 3 is 2.72 bits per heavy atom. The summed E-state index contributed by atoms with van der Waals surface area (Å²) in [5.74, 6) is 1.05. The van der Waals surface area contributed by atoms with Crippen molar-refractivity contribution in [2.45, 2.75) is 16.2 Å². The standard InChI is InChI=1S/C22H27N3O5S2/c1-29-19-8-7-17(15-21(19)32(27,28)25-10-12-30-13-11-25)23-22(26)16-24-9-4-14-31-20-6-3-2-5-18(20)24/h2-3,5-8,15H,4,9-14,16H2,1H3,(H,23,26). The molecule has 2 heterocycles. The molecule has 1 N–H and O–H groups in total. The number of benzene rings is 2. The number of fused-ring (bicyclic) bond motifs is 1. The molecule has 2 aliphatic rings. The number of ether oxygens (including phenoxy) is 2. The van der Waals surface area contributed by atoms with Gasteiger partial charge in [0.2, 0.25) is 15.9 Å². The molecular weight excluding hydrogens is 450 g/mol. The van der Waals surface area contributed by atoms with Crippen molar-refractivity contribution in [1.82, 2.24) is 4.31 Å². The summed E-state index contributed by atoms with van der Waals surface area (Å²) in [7, 11) is -2.34. The highest BCUT2D eigenvalue weighted by molar-refractivity contribution is 7.99. The van der Waals surface area contributed by atoms with Gasteiger partial charge in [-0.05, 0) is 42.5 Å². The zero-order chi connectivity index (χ0) is 22.6. The number of thioether (sulfide) groups is 1. The molecule has 172 valence electrons. The van der Waals surface area contributed by atoms with Crippen LogP contribution in [-0.2, 0) is 19.6 Å². The molecule has 1 amide bonds. The van der Waals surface area contributed by atoms with Gasteiger partial charge in [-0.25, -0.2) is 8.42 Å². The van der Waals surface area contributed by atoms with Gasteiger partial charge in [-0.3, -0.25) is 4.79 Å². The average molecular weight is 478 g/mol. The second-order valence-corrected chi connectivity index (χ2v) is 10.6. The molecular formula is C22H27N3O5S2. The summed E-state index contributed by atoms with van der Waals surface area (Å²) in [6, 6.07) is 12.8. The number of nitrogens with one attached hydrogen (secondary N) is 1. The van der Waals surface area contributed by atoms with Gasteiger partial charge in [0.25, 0.3) is 0 Å². The molecule has 2 aromatic rings. The fourth-order valence-electron chi connectivity index (χ4n) is 3.82. The topological polar surface area (TPSA) is 88.2 Å². The fourth-order valence-corrected chi connectivity index (χ4v) is 6.42. The number of methoxy groups -OCH3 is 1. The number of hydrogen-bond donors (Lipinski definition) is 1. The zero-order valence-electron chi connectivity index (χ0n) is 18.0. The van der Waals surface area contributed by atoms with E-state index in [2.05, 4.69) is 16.3 Å². The summed E-state index contributed by atoms with van der Waals surface area (Å²) >= 11 is 1.80. The Kier molecular flexibility index (Phi) is 7.24. The van der Waals surface area contributed by atoms with E-state index in [1.54, 1.807) is 23.9 Å². The van der Waals surface area contributed by atoms with Gasteiger partial charge in [0, 0.05) is 30.2 Å². The van der Waals surface area contributed by atoms with E-state index >= 15 is 0 Å². The second-order valence-electron chi connectivity index (χ2n) is 7.52. The van der Waals surface area contributed by atoms with Crippen LogP contribution in [0.1, 0.15) is 6.42 Å². The first kappa shape index (κ1) is 22.9. The number of carbonyl (C=O) groups is 1. The number of nitrogens with zero attached hydrogens (tertiary/aromatic N) is 2. The lowest BCUT2D eigenvalue weighted by Crippen LogP contribution is -2.40. The van der Waals surface area contributed by atoms with Gasteiger partial charge in [0.05, 0.1) is 32.6 Å². The number of hydrogen-bond acceptors (Lipinski definition) is 7. The molecule has 2 aliphatic heterocycles. The molecule has 0 atom stereocenters. The Bertz CT molecular complexity index is 1070. The van der Waals surface area contributed by atoms with Crippen molar-refractivity contribution in [1.29, 1.82) is 0 Å². The molecule has 0 bridgehead atoms. The van der Waals surface area contributed by atoms with Gasteiger partial charge in [-0.1, -0.05) is 12.1 Å². The number of rotatable bonds is 6. The molecule has 2 aromatic carbocycles. The Balaban J connectivity index is 1.52. The summed E-state index contributed by atoms with van der Waals surface area (Å²) in [5, 5.41) is 2.86. The number of anilines is 2. The van der Waals surface area contributed by atoms with Crippen LogP contribution in [0.25, 0.3) is 0 Å². The van der Waals surface area contributed by atoms with Crippen LogP contribution in [0.2, 0.25) is 0 Å².